The number of nitrogens with zero attached hydrogens (tertiary/aromatic N) is 2. The molecule has 102 valence electrons. The van der Waals surface area contributed by atoms with E-state index in [1.165, 1.54) is 10.4 Å². The van der Waals surface area contributed by atoms with Crippen LogP contribution in [0.1, 0.15) is 43.1 Å². The Bertz CT molecular complexity index is 523. The van der Waals surface area contributed by atoms with Crippen molar-refractivity contribution in [2.45, 2.75) is 46.1 Å². The van der Waals surface area contributed by atoms with E-state index in [0.29, 0.717) is 0 Å². The van der Waals surface area contributed by atoms with Gasteiger partial charge in [-0.3, -0.25) is 0 Å². The van der Waals surface area contributed by atoms with Crippen LogP contribution in [-0.4, -0.2) is 9.97 Å². The van der Waals surface area contributed by atoms with E-state index in [2.05, 4.69) is 49.0 Å². The van der Waals surface area contributed by atoms with Gasteiger partial charge in [0.25, 0.3) is 0 Å². The van der Waals surface area contributed by atoms with Gasteiger partial charge in [-0.05, 0) is 23.5 Å². The first-order chi connectivity index (χ1) is 8.99. The smallest absolute Gasteiger partial charge is 0.126 e. The zero-order chi connectivity index (χ0) is 13.9. The minimum atomic E-state index is 0.150. The number of hydrogen-bond donors (Lipinski definition) is 1. The maximum Gasteiger partial charge on any atom is 0.126 e. The molecule has 2 heterocycles. The molecular formula is C15H21N3S. The standard InChI is InChI=1S/C15H21N3S/c1-5-12-9-18-14(19-12)10-17-13-7-6-11(8-16-13)15(2,3)4/h6-9H,5,10H2,1-4H3,(H,16,17). The summed E-state index contributed by atoms with van der Waals surface area (Å²) < 4.78 is 0. The summed E-state index contributed by atoms with van der Waals surface area (Å²) in [7, 11) is 0. The highest BCUT2D eigenvalue weighted by Gasteiger charge is 2.13. The molecule has 0 atom stereocenters. The van der Waals surface area contributed by atoms with Gasteiger partial charge in [0.2, 0.25) is 0 Å². The van der Waals surface area contributed by atoms with Crippen molar-refractivity contribution in [3.05, 3.63) is 40.0 Å². The predicted octanol–water partition coefficient (Wildman–Crippen LogP) is 4.01. The summed E-state index contributed by atoms with van der Waals surface area (Å²) in [5.74, 6) is 0.904. The third-order valence-corrected chi connectivity index (χ3v) is 4.14. The molecule has 0 unspecified atom stereocenters. The molecule has 0 aliphatic carbocycles. The molecule has 0 saturated heterocycles. The van der Waals surface area contributed by atoms with Crippen molar-refractivity contribution >= 4 is 17.2 Å². The van der Waals surface area contributed by atoms with E-state index in [1.807, 2.05) is 18.5 Å². The lowest BCUT2D eigenvalue weighted by Crippen LogP contribution is -2.11. The van der Waals surface area contributed by atoms with Crippen LogP contribution in [0.5, 0.6) is 0 Å². The van der Waals surface area contributed by atoms with Crippen molar-refractivity contribution in [3.8, 4) is 0 Å². The largest absolute Gasteiger partial charge is 0.364 e. The van der Waals surface area contributed by atoms with Crippen molar-refractivity contribution in [3.63, 3.8) is 0 Å². The number of thiazole rings is 1. The molecule has 3 nitrogen and oxygen atoms in total. The first kappa shape index (κ1) is 14.0. The number of aromatic nitrogens is 2. The second-order valence-electron chi connectivity index (χ2n) is 5.61. The van der Waals surface area contributed by atoms with Crippen LogP contribution in [-0.2, 0) is 18.4 Å². The average molecular weight is 275 g/mol. The lowest BCUT2D eigenvalue weighted by atomic mass is 9.88. The Labute approximate surface area is 119 Å². The maximum absolute atomic E-state index is 4.45. The van der Waals surface area contributed by atoms with E-state index in [0.717, 1.165) is 23.8 Å². The van der Waals surface area contributed by atoms with Crippen LogP contribution in [0.2, 0.25) is 0 Å². The summed E-state index contributed by atoms with van der Waals surface area (Å²) in [5, 5.41) is 4.42. The van der Waals surface area contributed by atoms with Crippen LogP contribution < -0.4 is 5.32 Å². The summed E-state index contributed by atoms with van der Waals surface area (Å²) in [4.78, 5) is 10.2. The van der Waals surface area contributed by atoms with Gasteiger partial charge < -0.3 is 5.32 Å². The number of anilines is 1. The van der Waals surface area contributed by atoms with Gasteiger partial charge >= 0.3 is 0 Å². The SMILES string of the molecule is CCc1cnc(CNc2ccc(C(C)(C)C)cn2)s1. The fourth-order valence-corrected chi connectivity index (χ4v) is 2.50. The number of pyridine rings is 1. The van der Waals surface area contributed by atoms with Crippen molar-refractivity contribution in [1.29, 1.82) is 0 Å². The lowest BCUT2D eigenvalue weighted by Gasteiger charge is -2.18. The summed E-state index contributed by atoms with van der Waals surface area (Å²) >= 11 is 1.76. The fourth-order valence-electron chi connectivity index (χ4n) is 1.70. The van der Waals surface area contributed by atoms with E-state index in [4.69, 9.17) is 0 Å². The molecule has 0 aliphatic heterocycles. The van der Waals surface area contributed by atoms with E-state index in [1.54, 1.807) is 11.3 Å². The van der Waals surface area contributed by atoms with Gasteiger partial charge in [0.1, 0.15) is 10.8 Å². The Hall–Kier alpha value is -1.42. The molecule has 0 radical (unpaired) electrons. The fraction of sp³-hybridized carbons (Fsp3) is 0.467. The van der Waals surface area contributed by atoms with E-state index in [9.17, 15) is 0 Å². The van der Waals surface area contributed by atoms with Crippen LogP contribution in [0.3, 0.4) is 0 Å². The minimum Gasteiger partial charge on any atom is -0.364 e. The molecule has 2 rings (SSSR count). The molecule has 0 spiro atoms. The molecule has 2 aromatic rings. The second-order valence-corrected chi connectivity index (χ2v) is 6.81. The highest BCUT2D eigenvalue weighted by Crippen LogP contribution is 2.22. The third-order valence-electron chi connectivity index (χ3n) is 3.00. The van der Waals surface area contributed by atoms with Crippen molar-refractivity contribution in [2.75, 3.05) is 5.32 Å². The van der Waals surface area contributed by atoms with Crippen LogP contribution in [0.4, 0.5) is 5.82 Å². The highest BCUT2D eigenvalue weighted by molar-refractivity contribution is 7.11. The molecule has 0 fully saturated rings. The number of aryl methyl sites for hydroxylation is 1. The van der Waals surface area contributed by atoms with Gasteiger partial charge in [-0.15, -0.1) is 11.3 Å². The molecule has 2 aromatic heterocycles. The van der Waals surface area contributed by atoms with Gasteiger partial charge in [-0.1, -0.05) is 33.8 Å². The summed E-state index contributed by atoms with van der Waals surface area (Å²) in [5.41, 5.74) is 1.40. The third kappa shape index (κ3) is 3.77. The topological polar surface area (TPSA) is 37.8 Å². The Kier molecular flexibility index (Phi) is 4.20. The summed E-state index contributed by atoms with van der Waals surface area (Å²) in [6.45, 7) is 9.47. The van der Waals surface area contributed by atoms with E-state index in [-0.39, 0.29) is 5.41 Å². The Morgan fingerprint density at radius 3 is 2.47 bits per heavy atom. The Morgan fingerprint density at radius 1 is 1.16 bits per heavy atom. The zero-order valence-corrected chi connectivity index (χ0v) is 12.8. The van der Waals surface area contributed by atoms with Crippen LogP contribution in [0.15, 0.2) is 24.5 Å². The molecular weight excluding hydrogens is 254 g/mol. The number of hydrogen-bond acceptors (Lipinski definition) is 4. The van der Waals surface area contributed by atoms with Crippen LogP contribution in [0.25, 0.3) is 0 Å². The van der Waals surface area contributed by atoms with Crippen LogP contribution >= 0.6 is 11.3 Å². The predicted molar refractivity (Wildman–Crippen MR) is 81.8 cm³/mol. The molecule has 0 bridgehead atoms. The molecule has 4 heteroatoms. The first-order valence-corrected chi connectivity index (χ1v) is 7.44. The highest BCUT2D eigenvalue weighted by atomic mass is 32.1. The lowest BCUT2D eigenvalue weighted by molar-refractivity contribution is 0.587. The minimum absolute atomic E-state index is 0.150. The molecule has 0 saturated carbocycles. The molecule has 0 amide bonds. The zero-order valence-electron chi connectivity index (χ0n) is 12.0. The van der Waals surface area contributed by atoms with Crippen molar-refractivity contribution < 1.29 is 0 Å². The summed E-state index contributed by atoms with van der Waals surface area (Å²) in [6.07, 6.45) is 4.95. The van der Waals surface area contributed by atoms with Gasteiger partial charge in [0.05, 0.1) is 6.54 Å². The maximum atomic E-state index is 4.45. The van der Waals surface area contributed by atoms with E-state index >= 15 is 0 Å². The number of nitrogens with one attached hydrogen (secondary N) is 1. The van der Waals surface area contributed by atoms with Crippen LogP contribution in [0, 0.1) is 0 Å². The normalized spacial score (nSPS) is 11.6. The second kappa shape index (κ2) is 5.70. The first-order valence-electron chi connectivity index (χ1n) is 6.63. The average Bonchev–Trinajstić information content (AvgIpc) is 2.84. The quantitative estimate of drug-likeness (QED) is 0.916. The number of rotatable bonds is 4. The molecule has 1 N–H and O–H groups in total. The summed E-state index contributed by atoms with van der Waals surface area (Å²) in [6, 6.07) is 4.17. The Morgan fingerprint density at radius 2 is 1.95 bits per heavy atom. The van der Waals surface area contributed by atoms with Crippen molar-refractivity contribution in [2.24, 2.45) is 0 Å². The van der Waals surface area contributed by atoms with Gasteiger partial charge in [-0.25, -0.2) is 9.97 Å². The molecule has 0 aromatic carbocycles. The van der Waals surface area contributed by atoms with E-state index < -0.39 is 0 Å². The Balaban J connectivity index is 1.96. The van der Waals surface area contributed by atoms with Gasteiger partial charge in [-0.2, -0.15) is 0 Å². The van der Waals surface area contributed by atoms with Crippen molar-refractivity contribution in [1.82, 2.24) is 9.97 Å². The van der Waals surface area contributed by atoms with Gasteiger partial charge in [0.15, 0.2) is 0 Å². The van der Waals surface area contributed by atoms with Gasteiger partial charge in [0, 0.05) is 17.3 Å². The molecule has 0 aliphatic rings. The monoisotopic (exact) mass is 275 g/mol. The molecule has 19 heavy (non-hydrogen) atoms.